The number of rotatable bonds is 6. The summed E-state index contributed by atoms with van der Waals surface area (Å²) in [6.45, 7) is 4.12. The Labute approximate surface area is 162 Å². The number of hydrogen-bond donors (Lipinski definition) is 1. The van der Waals surface area contributed by atoms with Crippen molar-refractivity contribution < 1.29 is 19.1 Å². The predicted octanol–water partition coefficient (Wildman–Crippen LogP) is 3.65. The highest BCUT2D eigenvalue weighted by molar-refractivity contribution is 7.12. The van der Waals surface area contributed by atoms with Gasteiger partial charge >= 0.3 is 12.0 Å². The number of carbonyl (C=O) groups is 2. The molecule has 2 aromatic rings. The Hall–Kier alpha value is -2.80. The van der Waals surface area contributed by atoms with Gasteiger partial charge in [0, 0.05) is 22.5 Å². The highest BCUT2D eigenvalue weighted by Gasteiger charge is 2.35. The van der Waals surface area contributed by atoms with Crippen molar-refractivity contribution in [3.8, 4) is 5.75 Å². The van der Waals surface area contributed by atoms with Gasteiger partial charge in [-0.2, -0.15) is 0 Å². The zero-order valence-corrected chi connectivity index (χ0v) is 16.3. The fourth-order valence-electron chi connectivity index (χ4n) is 2.81. The average Bonchev–Trinajstić information content (AvgIpc) is 3.10. The van der Waals surface area contributed by atoms with E-state index < -0.39 is 12.0 Å². The zero-order chi connectivity index (χ0) is 19.4. The molecule has 1 aliphatic heterocycles. The molecule has 2 amide bonds. The van der Waals surface area contributed by atoms with Gasteiger partial charge < -0.3 is 19.7 Å². The van der Waals surface area contributed by atoms with Crippen LogP contribution >= 0.6 is 11.3 Å². The predicted molar refractivity (Wildman–Crippen MR) is 104 cm³/mol. The van der Waals surface area contributed by atoms with Crippen LogP contribution in [0.25, 0.3) is 0 Å². The maximum Gasteiger partial charge on any atom is 0.338 e. The summed E-state index contributed by atoms with van der Waals surface area (Å²) in [6.07, 6.45) is 0. The van der Waals surface area contributed by atoms with Crippen molar-refractivity contribution >= 4 is 23.3 Å². The lowest BCUT2D eigenvalue weighted by Crippen LogP contribution is -2.46. The number of carbonyl (C=O) groups excluding carboxylic acids is 2. The number of aryl methyl sites for hydroxylation is 1. The van der Waals surface area contributed by atoms with Gasteiger partial charge in [0.25, 0.3) is 0 Å². The van der Waals surface area contributed by atoms with Crippen LogP contribution in [0.4, 0.5) is 4.79 Å². The van der Waals surface area contributed by atoms with Crippen LogP contribution in [0.1, 0.15) is 22.7 Å². The Balaban J connectivity index is 1.70. The molecular formula is C20H22N2O4S. The monoisotopic (exact) mass is 386 g/mol. The van der Waals surface area contributed by atoms with Gasteiger partial charge in [-0.05, 0) is 38.1 Å². The zero-order valence-electron chi connectivity index (χ0n) is 15.5. The highest BCUT2D eigenvalue weighted by atomic mass is 32.1. The molecule has 0 fully saturated rings. The van der Waals surface area contributed by atoms with E-state index >= 15 is 0 Å². The first kappa shape index (κ1) is 19.0. The fourth-order valence-corrected chi connectivity index (χ4v) is 3.75. The number of para-hydroxylation sites is 1. The van der Waals surface area contributed by atoms with Crippen LogP contribution in [0.2, 0.25) is 0 Å². The summed E-state index contributed by atoms with van der Waals surface area (Å²) in [5.74, 6) is 0.271. The lowest BCUT2D eigenvalue weighted by atomic mass is 10.0. The average molecular weight is 386 g/mol. The minimum Gasteiger partial charge on any atom is -0.490 e. The summed E-state index contributed by atoms with van der Waals surface area (Å²) in [5.41, 5.74) is 1.03. The molecule has 2 heterocycles. The molecule has 27 heavy (non-hydrogen) atoms. The van der Waals surface area contributed by atoms with Crippen molar-refractivity contribution in [2.24, 2.45) is 0 Å². The van der Waals surface area contributed by atoms with Crippen LogP contribution in [0.3, 0.4) is 0 Å². The molecule has 1 N–H and O–H groups in total. The van der Waals surface area contributed by atoms with Crippen molar-refractivity contribution in [2.75, 3.05) is 20.3 Å². The lowest BCUT2D eigenvalue weighted by molar-refractivity contribution is -0.140. The van der Waals surface area contributed by atoms with Gasteiger partial charge in [0.15, 0.2) is 0 Å². The molecule has 1 aromatic heterocycles. The largest absolute Gasteiger partial charge is 0.490 e. The Morgan fingerprint density at radius 3 is 2.56 bits per heavy atom. The first-order valence-electron chi connectivity index (χ1n) is 8.63. The summed E-state index contributed by atoms with van der Waals surface area (Å²) < 4.78 is 11.0. The summed E-state index contributed by atoms with van der Waals surface area (Å²) in [6, 6.07) is 12.5. The van der Waals surface area contributed by atoms with Crippen LogP contribution in [-0.4, -0.2) is 37.2 Å². The van der Waals surface area contributed by atoms with Gasteiger partial charge in [0.1, 0.15) is 19.0 Å². The SMILES string of the molecule is CC1=C(C(=O)OCCOc2ccccc2)C(c2ccc(C)s2)NC(=O)N1C. The molecule has 6 nitrogen and oxygen atoms in total. The van der Waals surface area contributed by atoms with Crippen LogP contribution in [-0.2, 0) is 9.53 Å². The third kappa shape index (κ3) is 4.31. The summed E-state index contributed by atoms with van der Waals surface area (Å²) in [4.78, 5) is 28.4. The van der Waals surface area contributed by atoms with Crippen LogP contribution in [0.15, 0.2) is 53.7 Å². The second kappa shape index (κ2) is 8.26. The van der Waals surface area contributed by atoms with Gasteiger partial charge in [0.2, 0.25) is 0 Å². The lowest BCUT2D eigenvalue weighted by Gasteiger charge is -2.32. The number of nitrogens with zero attached hydrogens (tertiary/aromatic N) is 1. The van der Waals surface area contributed by atoms with E-state index in [1.165, 1.54) is 4.90 Å². The molecule has 0 radical (unpaired) electrons. The standard InChI is InChI=1S/C20H22N2O4S/c1-13-9-10-16(27-13)18-17(14(2)22(3)20(24)21-18)19(23)26-12-11-25-15-7-5-4-6-8-15/h4-10,18H,11-12H2,1-3H3,(H,21,24). The minimum atomic E-state index is -0.505. The Kier molecular flexibility index (Phi) is 5.81. The summed E-state index contributed by atoms with van der Waals surface area (Å²) in [7, 11) is 1.63. The van der Waals surface area contributed by atoms with Crippen LogP contribution < -0.4 is 10.1 Å². The van der Waals surface area contributed by atoms with Gasteiger partial charge in [-0.3, -0.25) is 0 Å². The number of hydrogen-bond acceptors (Lipinski definition) is 5. The first-order chi connectivity index (χ1) is 13.0. The number of esters is 1. The first-order valence-corrected chi connectivity index (χ1v) is 9.45. The molecule has 7 heteroatoms. The van der Waals surface area contributed by atoms with Crippen molar-refractivity contribution in [2.45, 2.75) is 19.9 Å². The molecule has 142 valence electrons. The molecule has 3 rings (SSSR count). The van der Waals surface area contributed by atoms with Crippen molar-refractivity contribution in [1.82, 2.24) is 10.2 Å². The summed E-state index contributed by atoms with van der Waals surface area (Å²) in [5, 5.41) is 2.88. The molecule has 1 atom stereocenters. The van der Waals surface area contributed by atoms with Gasteiger partial charge in [0.05, 0.1) is 11.6 Å². The van der Waals surface area contributed by atoms with E-state index in [0.717, 1.165) is 15.5 Å². The Bertz CT molecular complexity index is 860. The molecule has 1 unspecified atom stereocenters. The number of amides is 2. The fraction of sp³-hybridized carbons (Fsp3) is 0.300. The van der Waals surface area contributed by atoms with Gasteiger partial charge in [-0.1, -0.05) is 18.2 Å². The number of ether oxygens (including phenoxy) is 2. The van der Waals surface area contributed by atoms with Crippen LogP contribution in [0.5, 0.6) is 5.75 Å². The molecular weight excluding hydrogens is 364 g/mol. The second-order valence-corrected chi connectivity index (χ2v) is 7.51. The Morgan fingerprint density at radius 2 is 1.89 bits per heavy atom. The van der Waals surface area contributed by atoms with E-state index in [1.54, 1.807) is 25.3 Å². The molecule has 0 aliphatic carbocycles. The number of nitrogens with one attached hydrogen (secondary N) is 1. The van der Waals surface area contributed by atoms with E-state index in [4.69, 9.17) is 9.47 Å². The molecule has 0 saturated heterocycles. The minimum absolute atomic E-state index is 0.123. The van der Waals surface area contributed by atoms with Crippen molar-refractivity contribution in [3.05, 3.63) is 63.5 Å². The number of thiophene rings is 1. The second-order valence-electron chi connectivity index (χ2n) is 6.19. The molecule has 0 bridgehead atoms. The van der Waals surface area contributed by atoms with E-state index in [9.17, 15) is 9.59 Å². The van der Waals surface area contributed by atoms with E-state index in [2.05, 4.69) is 5.32 Å². The number of urea groups is 1. The number of benzene rings is 1. The third-order valence-corrected chi connectivity index (χ3v) is 5.41. The smallest absolute Gasteiger partial charge is 0.338 e. The number of allylic oxidation sites excluding steroid dienone is 1. The summed E-state index contributed by atoms with van der Waals surface area (Å²) >= 11 is 1.55. The van der Waals surface area contributed by atoms with Crippen LogP contribution in [0, 0.1) is 6.92 Å². The molecule has 0 spiro atoms. The molecule has 0 saturated carbocycles. The topological polar surface area (TPSA) is 67.9 Å². The van der Waals surface area contributed by atoms with Crippen molar-refractivity contribution in [1.29, 1.82) is 0 Å². The van der Waals surface area contributed by atoms with Gasteiger partial charge in [-0.25, -0.2) is 9.59 Å². The van der Waals surface area contributed by atoms with E-state index in [1.807, 2.05) is 49.4 Å². The van der Waals surface area contributed by atoms with Crippen molar-refractivity contribution in [3.63, 3.8) is 0 Å². The van der Waals surface area contributed by atoms with Gasteiger partial charge in [-0.15, -0.1) is 11.3 Å². The van der Waals surface area contributed by atoms with E-state index in [-0.39, 0.29) is 19.2 Å². The normalized spacial score (nSPS) is 16.9. The maximum atomic E-state index is 12.8. The quantitative estimate of drug-likeness (QED) is 0.608. The third-order valence-electron chi connectivity index (χ3n) is 4.35. The van der Waals surface area contributed by atoms with E-state index in [0.29, 0.717) is 11.3 Å². The maximum absolute atomic E-state index is 12.8. The molecule has 1 aliphatic rings. The molecule has 1 aromatic carbocycles. The highest BCUT2D eigenvalue weighted by Crippen LogP contribution is 2.34. The Morgan fingerprint density at radius 1 is 1.15 bits per heavy atom.